The van der Waals surface area contributed by atoms with Gasteiger partial charge in [0.15, 0.2) is 0 Å². The summed E-state index contributed by atoms with van der Waals surface area (Å²) in [5.74, 6) is -0.400. The van der Waals surface area contributed by atoms with Gasteiger partial charge in [-0.3, -0.25) is 19.9 Å². The van der Waals surface area contributed by atoms with Crippen LogP contribution in [0.4, 0.5) is 5.69 Å². The molecule has 2 aromatic carbocycles. The maximum absolute atomic E-state index is 12.6. The van der Waals surface area contributed by atoms with Crippen LogP contribution in [0.15, 0.2) is 79.0 Å². The van der Waals surface area contributed by atoms with Gasteiger partial charge in [-0.2, -0.15) is 0 Å². The van der Waals surface area contributed by atoms with E-state index >= 15 is 0 Å². The van der Waals surface area contributed by atoms with Gasteiger partial charge in [-0.25, -0.2) is 0 Å². The lowest BCUT2D eigenvalue weighted by Crippen LogP contribution is -2.29. The minimum atomic E-state index is -0.524. The average molecular weight is 333 g/mol. The predicted molar refractivity (Wildman–Crippen MR) is 93.1 cm³/mol. The molecule has 6 nitrogen and oxygen atoms in total. The Morgan fingerprint density at radius 2 is 1.76 bits per heavy atom. The second-order valence-electron chi connectivity index (χ2n) is 5.38. The number of carbonyl (C=O) groups excluding carboxylic acids is 1. The number of hydrogen-bond donors (Lipinski definition) is 1. The van der Waals surface area contributed by atoms with E-state index in [0.29, 0.717) is 5.69 Å². The highest BCUT2D eigenvalue weighted by atomic mass is 16.6. The minimum Gasteiger partial charge on any atom is -0.340 e. The highest BCUT2D eigenvalue weighted by Gasteiger charge is 2.19. The van der Waals surface area contributed by atoms with Gasteiger partial charge < -0.3 is 5.32 Å². The summed E-state index contributed by atoms with van der Waals surface area (Å²) < 4.78 is 0. The molecule has 3 aromatic rings. The van der Waals surface area contributed by atoms with Crippen LogP contribution in [0.5, 0.6) is 0 Å². The molecule has 0 radical (unpaired) electrons. The Hall–Kier alpha value is -3.54. The van der Waals surface area contributed by atoms with Crippen LogP contribution in [0.2, 0.25) is 0 Å². The van der Waals surface area contributed by atoms with Gasteiger partial charge in [0, 0.05) is 23.9 Å². The summed E-state index contributed by atoms with van der Waals surface area (Å²) in [6.45, 7) is 0. The molecule has 0 saturated heterocycles. The lowest BCUT2D eigenvalue weighted by Gasteiger charge is -2.19. The summed E-state index contributed by atoms with van der Waals surface area (Å²) >= 11 is 0. The van der Waals surface area contributed by atoms with Crippen molar-refractivity contribution >= 4 is 11.6 Å². The van der Waals surface area contributed by atoms with Crippen molar-refractivity contribution in [3.05, 3.63) is 106 Å². The summed E-state index contributed by atoms with van der Waals surface area (Å²) in [5, 5.41) is 13.8. The Kier molecular flexibility index (Phi) is 4.80. The Balaban J connectivity index is 1.92. The first-order valence-corrected chi connectivity index (χ1v) is 7.66. The van der Waals surface area contributed by atoms with E-state index in [1.165, 1.54) is 18.2 Å². The van der Waals surface area contributed by atoms with Crippen molar-refractivity contribution in [1.29, 1.82) is 0 Å². The van der Waals surface area contributed by atoms with Crippen molar-refractivity contribution in [2.75, 3.05) is 0 Å². The fourth-order valence-electron chi connectivity index (χ4n) is 2.50. The molecule has 25 heavy (non-hydrogen) atoms. The maximum atomic E-state index is 12.6. The lowest BCUT2D eigenvalue weighted by atomic mass is 10.0. The number of nitro benzene ring substituents is 1. The highest BCUT2D eigenvalue weighted by Crippen LogP contribution is 2.21. The molecule has 1 atom stereocenters. The number of hydrogen-bond acceptors (Lipinski definition) is 4. The van der Waals surface area contributed by atoms with E-state index in [1.807, 2.05) is 42.5 Å². The number of pyridine rings is 1. The molecule has 0 bridgehead atoms. The SMILES string of the molecule is O=C(N[C@@H](c1ccccc1)c1ccccn1)c1cccc([N+](=O)[O-])c1. The number of benzene rings is 2. The normalized spacial score (nSPS) is 11.5. The number of carbonyl (C=O) groups is 1. The van der Waals surface area contributed by atoms with E-state index in [1.54, 1.807) is 18.3 Å². The zero-order valence-corrected chi connectivity index (χ0v) is 13.2. The van der Waals surface area contributed by atoms with Crippen LogP contribution >= 0.6 is 0 Å². The molecule has 0 aliphatic rings. The standard InChI is InChI=1S/C19H15N3O3/c23-19(15-9-6-10-16(13-15)22(24)25)21-18(14-7-2-1-3-8-14)17-11-4-5-12-20-17/h1-13,18H,(H,21,23)/t18-/m0/s1. The molecule has 6 heteroatoms. The van der Waals surface area contributed by atoms with Gasteiger partial charge in [-0.05, 0) is 23.8 Å². The molecule has 3 rings (SSSR count). The van der Waals surface area contributed by atoms with E-state index in [-0.39, 0.29) is 11.3 Å². The third-order valence-electron chi connectivity index (χ3n) is 3.71. The van der Waals surface area contributed by atoms with Gasteiger partial charge in [0.2, 0.25) is 0 Å². The minimum absolute atomic E-state index is 0.123. The molecule has 1 N–H and O–H groups in total. The Morgan fingerprint density at radius 3 is 2.44 bits per heavy atom. The van der Waals surface area contributed by atoms with Crippen LogP contribution in [0.25, 0.3) is 0 Å². The van der Waals surface area contributed by atoms with Crippen molar-refractivity contribution in [2.24, 2.45) is 0 Å². The molecule has 0 unspecified atom stereocenters. The van der Waals surface area contributed by atoms with Crippen LogP contribution in [0.1, 0.15) is 27.7 Å². The fourth-order valence-corrected chi connectivity index (χ4v) is 2.50. The third kappa shape index (κ3) is 3.87. The number of amides is 1. The van der Waals surface area contributed by atoms with Crippen molar-refractivity contribution in [1.82, 2.24) is 10.3 Å². The smallest absolute Gasteiger partial charge is 0.270 e. The second-order valence-corrected chi connectivity index (χ2v) is 5.38. The van der Waals surface area contributed by atoms with Gasteiger partial charge in [0.25, 0.3) is 11.6 Å². The highest BCUT2D eigenvalue weighted by molar-refractivity contribution is 5.95. The molecule has 0 saturated carbocycles. The molecule has 0 fully saturated rings. The van der Waals surface area contributed by atoms with Crippen LogP contribution in [0.3, 0.4) is 0 Å². The Bertz CT molecular complexity index is 843. The summed E-state index contributed by atoms with van der Waals surface area (Å²) in [5.41, 5.74) is 1.67. The van der Waals surface area contributed by atoms with Gasteiger partial charge in [-0.15, -0.1) is 0 Å². The van der Waals surface area contributed by atoms with Gasteiger partial charge >= 0.3 is 0 Å². The zero-order chi connectivity index (χ0) is 17.6. The van der Waals surface area contributed by atoms with Gasteiger partial charge in [0.05, 0.1) is 16.7 Å². The summed E-state index contributed by atoms with van der Waals surface area (Å²) in [6.07, 6.45) is 1.66. The molecule has 0 aliphatic heterocycles. The first-order chi connectivity index (χ1) is 12.1. The number of rotatable bonds is 5. The quantitative estimate of drug-likeness (QED) is 0.572. The average Bonchev–Trinajstić information content (AvgIpc) is 2.67. The molecule has 124 valence electrons. The molecule has 0 spiro atoms. The first-order valence-electron chi connectivity index (χ1n) is 7.66. The zero-order valence-electron chi connectivity index (χ0n) is 13.2. The molecule has 1 aromatic heterocycles. The number of nitrogens with zero attached hydrogens (tertiary/aromatic N) is 2. The van der Waals surface area contributed by atoms with Crippen molar-refractivity contribution < 1.29 is 9.72 Å². The number of non-ortho nitro benzene ring substituents is 1. The van der Waals surface area contributed by atoms with Crippen molar-refractivity contribution in [2.45, 2.75) is 6.04 Å². The number of nitrogens with one attached hydrogen (secondary N) is 1. The number of aromatic nitrogens is 1. The summed E-state index contributed by atoms with van der Waals surface area (Å²) in [4.78, 5) is 27.3. The topological polar surface area (TPSA) is 85.1 Å². The van der Waals surface area contributed by atoms with Crippen molar-refractivity contribution in [3.8, 4) is 0 Å². The first kappa shape index (κ1) is 16.3. The summed E-state index contributed by atoms with van der Waals surface area (Å²) in [6, 6.07) is 20.1. The van der Waals surface area contributed by atoms with Crippen molar-refractivity contribution in [3.63, 3.8) is 0 Å². The number of nitro groups is 1. The molecular formula is C19H15N3O3. The van der Waals surface area contributed by atoms with E-state index in [9.17, 15) is 14.9 Å². The predicted octanol–water partition coefficient (Wildman–Crippen LogP) is 3.51. The molecular weight excluding hydrogens is 318 g/mol. The Labute approximate surface area is 144 Å². The van der Waals surface area contributed by atoms with Crippen LogP contribution in [-0.2, 0) is 0 Å². The van der Waals surface area contributed by atoms with E-state index in [0.717, 1.165) is 5.56 Å². The summed E-state index contributed by atoms with van der Waals surface area (Å²) in [7, 11) is 0. The second kappa shape index (κ2) is 7.35. The largest absolute Gasteiger partial charge is 0.340 e. The lowest BCUT2D eigenvalue weighted by molar-refractivity contribution is -0.384. The fraction of sp³-hybridized carbons (Fsp3) is 0.0526. The van der Waals surface area contributed by atoms with E-state index < -0.39 is 16.9 Å². The third-order valence-corrected chi connectivity index (χ3v) is 3.71. The van der Waals surface area contributed by atoms with Crippen LogP contribution in [0, 0.1) is 10.1 Å². The maximum Gasteiger partial charge on any atom is 0.270 e. The van der Waals surface area contributed by atoms with E-state index in [2.05, 4.69) is 10.3 Å². The van der Waals surface area contributed by atoms with Crippen LogP contribution in [-0.4, -0.2) is 15.8 Å². The Morgan fingerprint density at radius 1 is 1.00 bits per heavy atom. The molecule has 1 amide bonds. The monoisotopic (exact) mass is 333 g/mol. The molecule has 1 heterocycles. The van der Waals surface area contributed by atoms with Gasteiger partial charge in [0.1, 0.15) is 0 Å². The van der Waals surface area contributed by atoms with Crippen LogP contribution < -0.4 is 5.32 Å². The van der Waals surface area contributed by atoms with Gasteiger partial charge in [-0.1, -0.05) is 42.5 Å². The molecule has 0 aliphatic carbocycles. The van der Waals surface area contributed by atoms with E-state index in [4.69, 9.17) is 0 Å².